The van der Waals surface area contributed by atoms with Crippen LogP contribution in [0.3, 0.4) is 0 Å². The molecule has 0 spiro atoms. The largest absolute Gasteiger partial charge is 0.369 e. The molecule has 0 atom stereocenters. The zero-order valence-electron chi connectivity index (χ0n) is 16.6. The molecule has 1 aliphatic rings. The number of nitrogens with one attached hydrogen (secondary N) is 2. The number of piperazine rings is 1. The van der Waals surface area contributed by atoms with Gasteiger partial charge < -0.3 is 15.5 Å². The molecule has 4 heterocycles. The van der Waals surface area contributed by atoms with Crippen LogP contribution in [0.25, 0.3) is 11.0 Å². The summed E-state index contributed by atoms with van der Waals surface area (Å²) in [6, 6.07) is 12.8. The van der Waals surface area contributed by atoms with Crippen molar-refractivity contribution in [2.45, 2.75) is 4.90 Å². The molecule has 3 aromatic heterocycles. The molecule has 1 fully saturated rings. The third-order valence-corrected chi connectivity index (χ3v) is 6.84. The van der Waals surface area contributed by atoms with Crippen molar-refractivity contribution in [2.75, 3.05) is 36.4 Å². The van der Waals surface area contributed by atoms with Crippen LogP contribution < -0.4 is 15.5 Å². The Kier molecular flexibility index (Phi) is 5.00. The number of hydrogen-bond donors (Lipinski definition) is 2. The summed E-state index contributed by atoms with van der Waals surface area (Å²) in [5.74, 6) is 0.323. The Labute approximate surface area is 179 Å². The van der Waals surface area contributed by atoms with Gasteiger partial charge in [0.05, 0.1) is 0 Å². The van der Waals surface area contributed by atoms with E-state index in [2.05, 4.69) is 42.6 Å². The van der Waals surface area contributed by atoms with Gasteiger partial charge in [0.1, 0.15) is 4.90 Å². The number of benzene rings is 1. The van der Waals surface area contributed by atoms with Crippen molar-refractivity contribution in [2.24, 2.45) is 0 Å². The summed E-state index contributed by atoms with van der Waals surface area (Å²) < 4.78 is 27.2. The fourth-order valence-corrected chi connectivity index (χ4v) is 4.84. The molecule has 4 aromatic rings. The summed E-state index contributed by atoms with van der Waals surface area (Å²) in [5, 5.41) is 7.14. The highest BCUT2D eigenvalue weighted by Gasteiger charge is 2.20. The van der Waals surface area contributed by atoms with E-state index in [1.807, 2.05) is 12.1 Å². The number of rotatable bonds is 5. The van der Waals surface area contributed by atoms with Crippen LogP contribution in [0, 0.1) is 0 Å². The summed E-state index contributed by atoms with van der Waals surface area (Å²) in [6.45, 7) is 3.93. The Hall–Kier alpha value is -3.50. The van der Waals surface area contributed by atoms with Crippen molar-refractivity contribution in [1.82, 2.24) is 24.2 Å². The second-order valence-electron chi connectivity index (χ2n) is 7.19. The van der Waals surface area contributed by atoms with E-state index in [1.165, 1.54) is 30.3 Å². The maximum atomic E-state index is 13.0. The topological polar surface area (TPSA) is 105 Å². The fraction of sp³-hybridized carbons (Fsp3) is 0.190. The van der Waals surface area contributed by atoms with Gasteiger partial charge in [0.15, 0.2) is 5.65 Å². The predicted molar refractivity (Wildman–Crippen MR) is 119 cm³/mol. The Bertz CT molecular complexity index is 1300. The molecule has 5 rings (SSSR count). The summed E-state index contributed by atoms with van der Waals surface area (Å²) in [6.07, 6.45) is 5.94. The first-order valence-corrected chi connectivity index (χ1v) is 11.4. The molecule has 9 nitrogen and oxygen atoms in total. The van der Waals surface area contributed by atoms with Crippen LogP contribution in [0.5, 0.6) is 0 Å². The van der Waals surface area contributed by atoms with Crippen LogP contribution in [-0.2, 0) is 10.0 Å². The number of hydrogen-bond acceptors (Lipinski definition) is 8. The molecule has 158 valence electrons. The number of nitrogens with zero attached hydrogens (tertiary/aromatic N) is 5. The van der Waals surface area contributed by atoms with Crippen molar-refractivity contribution in [3.05, 3.63) is 67.3 Å². The minimum absolute atomic E-state index is 0.101. The van der Waals surface area contributed by atoms with Gasteiger partial charge in [-0.1, -0.05) is 0 Å². The molecular weight excluding hydrogens is 414 g/mol. The first-order chi connectivity index (χ1) is 15.1. The van der Waals surface area contributed by atoms with Crippen LogP contribution >= 0.6 is 0 Å². The highest BCUT2D eigenvalue weighted by atomic mass is 32.2. The van der Waals surface area contributed by atoms with Crippen LogP contribution in [0.4, 0.5) is 17.3 Å². The summed E-state index contributed by atoms with van der Waals surface area (Å²) in [4.78, 5) is 15.1. The molecule has 1 aromatic carbocycles. The minimum Gasteiger partial charge on any atom is -0.369 e. The van der Waals surface area contributed by atoms with E-state index in [9.17, 15) is 8.42 Å². The molecule has 1 aliphatic heterocycles. The third-order valence-electron chi connectivity index (χ3n) is 5.19. The Balaban J connectivity index is 1.42. The van der Waals surface area contributed by atoms with Gasteiger partial charge in [-0.05, 0) is 42.5 Å². The second-order valence-corrected chi connectivity index (χ2v) is 9.00. The minimum atomic E-state index is -3.80. The molecule has 2 N–H and O–H groups in total. The molecule has 0 saturated carbocycles. The lowest BCUT2D eigenvalue weighted by Gasteiger charge is -2.29. The first-order valence-electron chi connectivity index (χ1n) is 9.94. The smallest absolute Gasteiger partial charge is 0.270 e. The van der Waals surface area contributed by atoms with Gasteiger partial charge in [-0.3, -0.25) is 4.98 Å². The summed E-state index contributed by atoms with van der Waals surface area (Å²) in [5.41, 5.74) is 2.30. The van der Waals surface area contributed by atoms with E-state index < -0.39 is 10.0 Å². The Morgan fingerprint density at radius 2 is 1.81 bits per heavy atom. The summed E-state index contributed by atoms with van der Waals surface area (Å²) >= 11 is 0. The van der Waals surface area contributed by atoms with E-state index in [1.54, 1.807) is 18.3 Å². The number of anilines is 3. The lowest BCUT2D eigenvalue weighted by atomic mass is 10.2. The Morgan fingerprint density at radius 3 is 2.55 bits per heavy atom. The van der Waals surface area contributed by atoms with Gasteiger partial charge in [-0.25, -0.2) is 17.4 Å². The molecule has 10 heteroatoms. The van der Waals surface area contributed by atoms with Crippen LogP contribution in [0.2, 0.25) is 0 Å². The highest BCUT2D eigenvalue weighted by Crippen LogP contribution is 2.23. The molecule has 0 amide bonds. The van der Waals surface area contributed by atoms with Gasteiger partial charge in [0, 0.05) is 67.7 Å². The maximum absolute atomic E-state index is 13.0. The van der Waals surface area contributed by atoms with E-state index in [0.29, 0.717) is 17.0 Å². The lowest BCUT2D eigenvalue weighted by Crippen LogP contribution is -2.43. The zero-order chi connectivity index (χ0) is 21.3. The summed E-state index contributed by atoms with van der Waals surface area (Å²) in [7, 11) is -3.80. The van der Waals surface area contributed by atoms with E-state index in [4.69, 9.17) is 0 Å². The standard InChI is InChI=1S/C21H21N7O2S/c29-31(30,19-2-1-8-23-15-19)28-11-7-16-14-24-21(26-20(16)28)25-17-3-5-18(6-4-17)27-12-9-22-10-13-27/h1-8,11,14-15,22H,9-10,12-13H2,(H,24,25,26). The number of aromatic nitrogens is 4. The SMILES string of the molecule is O=S(=O)(c1cccnc1)n1ccc2cnc(Nc3ccc(N4CCNCC4)cc3)nc21. The molecule has 0 aliphatic carbocycles. The van der Waals surface area contributed by atoms with Crippen molar-refractivity contribution in [1.29, 1.82) is 0 Å². The van der Waals surface area contributed by atoms with Crippen molar-refractivity contribution < 1.29 is 8.42 Å². The predicted octanol–water partition coefficient (Wildman–Crippen LogP) is 2.22. The van der Waals surface area contributed by atoms with Crippen molar-refractivity contribution in [3.8, 4) is 0 Å². The molecule has 0 unspecified atom stereocenters. The first kappa shape index (κ1) is 19.5. The quantitative estimate of drug-likeness (QED) is 0.492. The van der Waals surface area contributed by atoms with E-state index >= 15 is 0 Å². The Morgan fingerprint density at radius 1 is 1.00 bits per heavy atom. The highest BCUT2D eigenvalue weighted by molar-refractivity contribution is 7.90. The van der Waals surface area contributed by atoms with Crippen molar-refractivity contribution in [3.63, 3.8) is 0 Å². The number of fused-ring (bicyclic) bond motifs is 1. The maximum Gasteiger partial charge on any atom is 0.270 e. The van der Waals surface area contributed by atoms with Crippen LogP contribution in [-0.4, -0.2) is 53.5 Å². The zero-order valence-corrected chi connectivity index (χ0v) is 17.5. The average Bonchev–Trinajstić information content (AvgIpc) is 3.25. The normalized spacial score (nSPS) is 14.6. The van der Waals surface area contributed by atoms with Crippen LogP contribution in [0.15, 0.2) is 72.1 Å². The number of pyridine rings is 1. The van der Waals surface area contributed by atoms with Gasteiger partial charge in [0.2, 0.25) is 5.95 Å². The second kappa shape index (κ2) is 7.97. The monoisotopic (exact) mass is 435 g/mol. The third kappa shape index (κ3) is 3.82. The fourth-order valence-electron chi connectivity index (χ4n) is 3.57. The molecule has 1 saturated heterocycles. The molecule has 0 bridgehead atoms. The van der Waals surface area contributed by atoms with Gasteiger partial charge >= 0.3 is 0 Å². The lowest BCUT2D eigenvalue weighted by molar-refractivity contribution is 0.588. The van der Waals surface area contributed by atoms with Crippen LogP contribution in [0.1, 0.15) is 0 Å². The molecular formula is C21H21N7O2S. The van der Waals surface area contributed by atoms with Gasteiger partial charge in [0.25, 0.3) is 10.0 Å². The van der Waals surface area contributed by atoms with E-state index in [0.717, 1.165) is 35.8 Å². The molecule has 0 radical (unpaired) electrons. The molecule has 31 heavy (non-hydrogen) atoms. The van der Waals surface area contributed by atoms with E-state index in [-0.39, 0.29) is 4.90 Å². The van der Waals surface area contributed by atoms with Gasteiger partial charge in [-0.15, -0.1) is 0 Å². The van der Waals surface area contributed by atoms with Crippen molar-refractivity contribution >= 4 is 38.4 Å². The van der Waals surface area contributed by atoms with Gasteiger partial charge in [-0.2, -0.15) is 4.98 Å². The average molecular weight is 436 g/mol.